The smallest absolute Gasteiger partial charge is 0.250 e. The highest BCUT2D eigenvalue weighted by molar-refractivity contribution is 8.05. The Morgan fingerprint density at radius 2 is 1.76 bits per heavy atom. The largest absolute Gasteiger partial charge is 0.378 e. The number of aromatic amines is 1. The van der Waals surface area contributed by atoms with Crippen molar-refractivity contribution in [1.29, 1.82) is 0 Å². The predicted molar refractivity (Wildman–Crippen MR) is 171 cm³/mol. The van der Waals surface area contributed by atoms with Crippen LogP contribution >= 0.6 is 23.5 Å². The summed E-state index contributed by atoms with van der Waals surface area (Å²) in [6.45, 7) is 8.41. The van der Waals surface area contributed by atoms with E-state index in [9.17, 15) is 4.79 Å². The van der Waals surface area contributed by atoms with Crippen LogP contribution in [0.4, 0.5) is 11.4 Å². The molecule has 0 spiro atoms. The van der Waals surface area contributed by atoms with Crippen LogP contribution in [0.1, 0.15) is 37.2 Å². The lowest BCUT2D eigenvalue weighted by Gasteiger charge is -2.29. The van der Waals surface area contributed by atoms with Gasteiger partial charge in [-0.2, -0.15) is 0 Å². The van der Waals surface area contributed by atoms with E-state index < -0.39 is 0 Å². The van der Waals surface area contributed by atoms with Gasteiger partial charge in [0.1, 0.15) is 0 Å². The van der Waals surface area contributed by atoms with Crippen LogP contribution < -0.4 is 15.8 Å². The third kappa shape index (κ3) is 5.97. The molecule has 7 rings (SSSR count). The molecule has 2 aromatic carbocycles. The van der Waals surface area contributed by atoms with Gasteiger partial charge in [0, 0.05) is 62.2 Å². The number of hydrogen-bond acceptors (Lipinski definition) is 8. The highest BCUT2D eigenvalue weighted by Crippen LogP contribution is 2.52. The first-order chi connectivity index (χ1) is 20.6. The van der Waals surface area contributed by atoms with E-state index >= 15 is 0 Å². The molecule has 216 valence electrons. The number of likely N-dealkylation sites (tertiary alicyclic amines) is 1. The number of aromatic nitrogens is 2. The second-order valence-electron chi connectivity index (χ2n) is 11.1. The topological polar surface area (TPSA) is 73.5 Å². The average molecular weight is 598 g/mol. The van der Waals surface area contributed by atoms with Crippen molar-refractivity contribution in [3.05, 3.63) is 88.5 Å². The quantitative estimate of drug-likeness (QED) is 0.216. The van der Waals surface area contributed by atoms with Crippen LogP contribution in [0, 0.1) is 0 Å². The van der Waals surface area contributed by atoms with Crippen molar-refractivity contribution < 1.29 is 4.74 Å². The van der Waals surface area contributed by atoms with Crippen molar-refractivity contribution in [2.24, 2.45) is 0 Å². The van der Waals surface area contributed by atoms with E-state index in [0.29, 0.717) is 13.2 Å². The highest BCUT2D eigenvalue weighted by atomic mass is 32.2. The first kappa shape index (κ1) is 27.6. The zero-order valence-electron chi connectivity index (χ0n) is 23.8. The summed E-state index contributed by atoms with van der Waals surface area (Å²) in [4.78, 5) is 30.3. The molecule has 2 fully saturated rings. The number of nitrogens with zero attached hydrogens (tertiary/aromatic N) is 3. The van der Waals surface area contributed by atoms with Crippen molar-refractivity contribution in [3.63, 3.8) is 0 Å². The van der Waals surface area contributed by atoms with Gasteiger partial charge in [-0.15, -0.1) is 0 Å². The Morgan fingerprint density at radius 3 is 2.62 bits per heavy atom. The minimum atomic E-state index is -0.0821. The van der Waals surface area contributed by atoms with E-state index in [4.69, 9.17) is 9.72 Å². The van der Waals surface area contributed by atoms with E-state index in [0.717, 1.165) is 53.7 Å². The molecule has 1 unspecified atom stereocenters. The molecule has 0 saturated carbocycles. The number of ether oxygens (including phenoxy) is 1. The zero-order valence-corrected chi connectivity index (χ0v) is 25.4. The predicted octanol–water partition coefficient (Wildman–Crippen LogP) is 6.66. The number of fused-ring (bicyclic) bond motifs is 2. The van der Waals surface area contributed by atoms with Crippen LogP contribution in [0.25, 0.3) is 11.3 Å². The number of nitrogens with one attached hydrogen (secondary N) is 2. The number of H-pyrrole nitrogens is 1. The van der Waals surface area contributed by atoms with Crippen molar-refractivity contribution in [1.82, 2.24) is 14.9 Å². The number of anilines is 2. The van der Waals surface area contributed by atoms with Crippen LogP contribution in [0.2, 0.25) is 0 Å². The molecular weight excluding hydrogens is 563 g/mol. The Morgan fingerprint density at radius 1 is 0.929 bits per heavy atom. The molecule has 2 N–H and O–H groups in total. The average Bonchev–Trinajstić information content (AvgIpc) is 3.53. The highest BCUT2D eigenvalue weighted by Gasteiger charge is 2.23. The molecule has 0 bridgehead atoms. The fourth-order valence-corrected chi connectivity index (χ4v) is 8.32. The molecule has 7 nitrogen and oxygen atoms in total. The monoisotopic (exact) mass is 597 g/mol. The minimum absolute atomic E-state index is 0.0821. The van der Waals surface area contributed by atoms with E-state index in [1.165, 1.54) is 45.5 Å². The number of pyridine rings is 2. The molecule has 0 amide bonds. The molecule has 5 heterocycles. The van der Waals surface area contributed by atoms with Crippen LogP contribution in [0.5, 0.6) is 0 Å². The van der Waals surface area contributed by atoms with Crippen molar-refractivity contribution >= 4 is 34.9 Å². The van der Waals surface area contributed by atoms with Gasteiger partial charge >= 0.3 is 0 Å². The lowest BCUT2D eigenvalue weighted by atomic mass is 10.1. The Bertz CT molecular complexity index is 1650. The maximum absolute atomic E-state index is 12.7. The van der Waals surface area contributed by atoms with E-state index in [2.05, 4.69) is 87.7 Å². The number of hydrogen-bond donors (Lipinski definition) is 2. The molecule has 0 aliphatic carbocycles. The van der Waals surface area contributed by atoms with Gasteiger partial charge in [-0.1, -0.05) is 41.7 Å². The lowest BCUT2D eigenvalue weighted by Crippen LogP contribution is -2.36. The van der Waals surface area contributed by atoms with Crippen molar-refractivity contribution in [2.75, 3.05) is 49.6 Å². The van der Waals surface area contributed by atoms with E-state index in [1.807, 2.05) is 0 Å². The normalized spacial score (nSPS) is 17.5. The number of morpholine rings is 1. The molecule has 3 aliphatic rings. The summed E-state index contributed by atoms with van der Waals surface area (Å²) in [7, 11) is 0. The Balaban J connectivity index is 1.09. The summed E-state index contributed by atoms with van der Waals surface area (Å²) in [5.74, 6) is 0. The van der Waals surface area contributed by atoms with Gasteiger partial charge < -0.3 is 19.9 Å². The second kappa shape index (κ2) is 12.2. The van der Waals surface area contributed by atoms with E-state index in [-0.39, 0.29) is 11.6 Å². The SMILES string of the molecule is CC(Nc1ccc2c(c1)Sc1cccc(-c3cc(N4CCOCC4)cc(=O)[nH]3)c1S2)c1cccc(CN2CCCC2)n1. The third-order valence-corrected chi connectivity index (χ3v) is 10.7. The Kier molecular flexibility index (Phi) is 7.99. The lowest BCUT2D eigenvalue weighted by molar-refractivity contribution is 0.122. The van der Waals surface area contributed by atoms with Crippen molar-refractivity contribution in [2.45, 2.75) is 51.9 Å². The van der Waals surface area contributed by atoms with Gasteiger partial charge in [-0.05, 0) is 75.3 Å². The minimum Gasteiger partial charge on any atom is -0.378 e. The molecule has 2 saturated heterocycles. The molecular formula is C33H35N5O2S2. The summed E-state index contributed by atoms with van der Waals surface area (Å²) in [5, 5.41) is 3.68. The Hall–Kier alpha value is -3.24. The van der Waals surface area contributed by atoms with Crippen LogP contribution in [0.3, 0.4) is 0 Å². The van der Waals surface area contributed by atoms with Crippen LogP contribution in [0.15, 0.2) is 91.1 Å². The molecule has 1 atom stereocenters. The third-order valence-electron chi connectivity index (χ3n) is 8.09. The fourth-order valence-electron chi connectivity index (χ4n) is 5.90. The molecule has 4 aromatic rings. The first-order valence-electron chi connectivity index (χ1n) is 14.7. The number of benzene rings is 2. The molecule has 42 heavy (non-hydrogen) atoms. The van der Waals surface area contributed by atoms with E-state index in [1.54, 1.807) is 29.6 Å². The number of rotatable bonds is 7. The standard InChI is InChI=1S/C33H35N5O2S2/c1-22(27-8-4-6-24(35-27)21-37-12-2-3-13-37)34-23-10-11-29-31(18-23)41-30-9-5-7-26(33(30)42-29)28-19-25(20-32(39)36-28)38-14-16-40-17-15-38/h4-11,18-20,22,34H,2-3,12-17,21H2,1H3,(H,36,39). The van der Waals surface area contributed by atoms with Gasteiger partial charge in [0.05, 0.1) is 36.3 Å². The maximum atomic E-state index is 12.7. The second-order valence-corrected chi connectivity index (χ2v) is 13.3. The van der Waals surface area contributed by atoms with Gasteiger partial charge in [0.25, 0.3) is 0 Å². The van der Waals surface area contributed by atoms with Gasteiger partial charge in [-0.25, -0.2) is 0 Å². The van der Waals surface area contributed by atoms with Crippen molar-refractivity contribution in [3.8, 4) is 11.3 Å². The van der Waals surface area contributed by atoms with Crippen LogP contribution in [-0.2, 0) is 11.3 Å². The molecule has 9 heteroatoms. The summed E-state index contributed by atoms with van der Waals surface area (Å²) in [6, 6.07) is 23.2. The fraction of sp³-hybridized carbons (Fsp3) is 0.333. The summed E-state index contributed by atoms with van der Waals surface area (Å²) >= 11 is 3.55. The summed E-state index contributed by atoms with van der Waals surface area (Å²) in [6.07, 6.45) is 2.58. The van der Waals surface area contributed by atoms with Gasteiger partial charge in [0.15, 0.2) is 0 Å². The maximum Gasteiger partial charge on any atom is 0.250 e. The van der Waals surface area contributed by atoms with Gasteiger partial charge in [0.2, 0.25) is 5.56 Å². The first-order valence-corrected chi connectivity index (χ1v) is 16.4. The Labute approximate surface area is 255 Å². The van der Waals surface area contributed by atoms with Crippen LogP contribution in [-0.4, -0.2) is 54.3 Å². The zero-order chi connectivity index (χ0) is 28.5. The molecule has 2 aromatic heterocycles. The van der Waals surface area contributed by atoms with Gasteiger partial charge in [-0.3, -0.25) is 14.7 Å². The molecule has 0 radical (unpaired) electrons. The molecule has 3 aliphatic heterocycles. The summed E-state index contributed by atoms with van der Waals surface area (Å²) in [5.41, 5.74) is 6.07. The summed E-state index contributed by atoms with van der Waals surface area (Å²) < 4.78 is 5.51.